The molecule has 3 unspecified atom stereocenters. The van der Waals surface area contributed by atoms with Gasteiger partial charge in [0.25, 0.3) is 0 Å². The first kappa shape index (κ1) is 17.9. The summed E-state index contributed by atoms with van der Waals surface area (Å²) in [5.74, 6) is 0.460. The Morgan fingerprint density at radius 3 is 2.65 bits per heavy atom. The number of nitrogens with one attached hydrogen (secondary N) is 2. The van der Waals surface area contributed by atoms with Crippen molar-refractivity contribution in [3.8, 4) is 0 Å². The lowest BCUT2D eigenvalue weighted by Gasteiger charge is -2.26. The van der Waals surface area contributed by atoms with Gasteiger partial charge in [0.15, 0.2) is 0 Å². The minimum absolute atomic E-state index is 0.169. The van der Waals surface area contributed by atoms with Crippen LogP contribution in [0.25, 0.3) is 0 Å². The fourth-order valence-corrected chi connectivity index (χ4v) is 4.05. The van der Waals surface area contributed by atoms with Crippen LogP contribution >= 0.6 is 0 Å². The van der Waals surface area contributed by atoms with Crippen molar-refractivity contribution < 1.29 is 13.4 Å². The van der Waals surface area contributed by atoms with Crippen molar-refractivity contribution in [3.63, 3.8) is 0 Å². The summed E-state index contributed by atoms with van der Waals surface area (Å²) in [5.41, 5.74) is 0.804. The number of rotatable bonds is 6. The van der Waals surface area contributed by atoms with Gasteiger partial charge >= 0.3 is 6.03 Å². The van der Waals surface area contributed by atoms with Crippen LogP contribution in [0.15, 0.2) is 24.3 Å². The van der Waals surface area contributed by atoms with Gasteiger partial charge in [-0.25, -0.2) is 9.18 Å². The van der Waals surface area contributed by atoms with Gasteiger partial charge in [0.1, 0.15) is 5.82 Å². The van der Waals surface area contributed by atoms with Crippen LogP contribution in [0.4, 0.5) is 9.18 Å². The molecule has 23 heavy (non-hydrogen) atoms. The highest BCUT2D eigenvalue weighted by molar-refractivity contribution is 7.84. The van der Waals surface area contributed by atoms with E-state index in [0.29, 0.717) is 11.7 Å². The predicted molar refractivity (Wildman–Crippen MR) is 91.2 cm³/mol. The van der Waals surface area contributed by atoms with E-state index in [2.05, 4.69) is 10.6 Å². The highest BCUT2D eigenvalue weighted by Gasteiger charge is 2.28. The van der Waals surface area contributed by atoms with Gasteiger partial charge in [-0.2, -0.15) is 0 Å². The Morgan fingerprint density at radius 1 is 1.35 bits per heavy atom. The lowest BCUT2D eigenvalue weighted by atomic mass is 9.91. The van der Waals surface area contributed by atoms with Crippen LogP contribution in [0.5, 0.6) is 0 Å². The average molecular weight is 340 g/mol. The first-order valence-electron chi connectivity index (χ1n) is 8.08. The molecule has 2 rings (SSSR count). The second-order valence-electron chi connectivity index (χ2n) is 6.34. The lowest BCUT2D eigenvalue weighted by Crippen LogP contribution is -2.45. The first-order valence-corrected chi connectivity index (χ1v) is 9.81. The van der Waals surface area contributed by atoms with Gasteiger partial charge in [0, 0.05) is 28.9 Å². The minimum Gasteiger partial charge on any atom is -0.335 e. The zero-order valence-electron chi connectivity index (χ0n) is 13.7. The molecule has 1 aliphatic carbocycles. The molecular formula is C17H25FN2O2S. The monoisotopic (exact) mass is 340 g/mol. The molecule has 0 aromatic heterocycles. The molecule has 1 fully saturated rings. The van der Waals surface area contributed by atoms with E-state index in [0.717, 1.165) is 31.2 Å². The number of urea groups is 1. The Hall–Kier alpha value is -1.43. The second-order valence-corrected chi connectivity index (χ2v) is 7.82. The molecule has 0 heterocycles. The number of carbonyl (C=O) groups excluding carboxylic acids is 1. The number of hydrogen-bond donors (Lipinski definition) is 2. The van der Waals surface area contributed by atoms with E-state index in [1.54, 1.807) is 12.3 Å². The predicted octanol–water partition coefficient (Wildman–Crippen LogP) is 3.12. The molecule has 0 spiro atoms. The van der Waals surface area contributed by atoms with Crippen LogP contribution < -0.4 is 10.6 Å². The van der Waals surface area contributed by atoms with Crippen LogP contribution in [0, 0.1) is 11.7 Å². The smallest absolute Gasteiger partial charge is 0.315 e. The van der Waals surface area contributed by atoms with E-state index in [4.69, 9.17) is 0 Å². The van der Waals surface area contributed by atoms with Crippen molar-refractivity contribution in [2.75, 3.05) is 12.0 Å². The molecule has 0 saturated heterocycles. The van der Waals surface area contributed by atoms with E-state index in [1.807, 2.05) is 13.0 Å². The van der Waals surface area contributed by atoms with E-state index < -0.39 is 10.8 Å². The average Bonchev–Trinajstić information content (AvgIpc) is 2.97. The maximum absolute atomic E-state index is 13.5. The second kappa shape index (κ2) is 8.43. The summed E-state index contributed by atoms with van der Waals surface area (Å²) >= 11 is 0. The number of benzene rings is 1. The van der Waals surface area contributed by atoms with Crippen molar-refractivity contribution in [1.29, 1.82) is 0 Å². The fraction of sp³-hybridized carbons (Fsp3) is 0.588. The molecule has 1 aliphatic rings. The van der Waals surface area contributed by atoms with Gasteiger partial charge in [-0.05, 0) is 43.4 Å². The molecule has 4 nitrogen and oxygen atoms in total. The van der Waals surface area contributed by atoms with Gasteiger partial charge in [-0.1, -0.05) is 25.0 Å². The summed E-state index contributed by atoms with van der Waals surface area (Å²) < 4.78 is 24.8. The third-order valence-corrected chi connectivity index (χ3v) is 5.20. The number of carbonyl (C=O) groups is 1. The van der Waals surface area contributed by atoms with Crippen LogP contribution in [0.2, 0.25) is 0 Å². The Bertz CT molecular complexity index is 561. The van der Waals surface area contributed by atoms with Crippen LogP contribution in [0.1, 0.15) is 44.2 Å². The summed E-state index contributed by atoms with van der Waals surface area (Å²) in [6, 6.07) is 5.79. The summed E-state index contributed by atoms with van der Waals surface area (Å²) in [7, 11) is -0.958. The summed E-state index contributed by atoms with van der Waals surface area (Å²) in [6.45, 7) is 1.83. The maximum atomic E-state index is 13.5. The topological polar surface area (TPSA) is 58.2 Å². The van der Waals surface area contributed by atoms with Crippen LogP contribution in [0.3, 0.4) is 0 Å². The van der Waals surface area contributed by atoms with Gasteiger partial charge in [-0.3, -0.25) is 4.21 Å². The highest BCUT2D eigenvalue weighted by Crippen LogP contribution is 2.35. The molecule has 0 aliphatic heterocycles. The Balaban J connectivity index is 2.05. The first-order chi connectivity index (χ1) is 11.0. The third kappa shape index (κ3) is 5.61. The maximum Gasteiger partial charge on any atom is 0.315 e. The third-order valence-electron chi connectivity index (χ3n) is 4.23. The zero-order chi connectivity index (χ0) is 16.8. The highest BCUT2D eigenvalue weighted by atomic mass is 32.2. The summed E-state index contributed by atoms with van der Waals surface area (Å²) in [5, 5.41) is 5.80. The lowest BCUT2D eigenvalue weighted by molar-refractivity contribution is 0.229. The van der Waals surface area contributed by atoms with Crippen molar-refractivity contribution in [2.45, 2.75) is 44.7 Å². The summed E-state index contributed by atoms with van der Waals surface area (Å²) in [6.07, 6.45) is 5.98. The van der Waals surface area contributed by atoms with E-state index >= 15 is 0 Å². The molecule has 2 amide bonds. The summed E-state index contributed by atoms with van der Waals surface area (Å²) in [4.78, 5) is 12.2. The number of halogens is 1. The van der Waals surface area contributed by atoms with E-state index in [9.17, 15) is 13.4 Å². The molecule has 2 N–H and O–H groups in total. The van der Waals surface area contributed by atoms with Crippen molar-refractivity contribution in [3.05, 3.63) is 35.6 Å². The van der Waals surface area contributed by atoms with Gasteiger partial charge < -0.3 is 10.6 Å². The quantitative estimate of drug-likeness (QED) is 0.836. The SMILES string of the molecule is CC(CS(C)=O)NC(=O)NC(c1cccc(F)c1)C1CCCC1. The standard InChI is InChI=1S/C17H25FN2O2S/c1-12(11-23(2)22)19-17(21)20-16(13-6-3-4-7-13)14-8-5-9-15(18)10-14/h5,8-10,12-13,16H,3-4,6-7,11H2,1-2H3,(H2,19,20,21). The molecule has 128 valence electrons. The Morgan fingerprint density at radius 2 is 2.04 bits per heavy atom. The zero-order valence-corrected chi connectivity index (χ0v) is 14.5. The Labute approximate surface area is 139 Å². The van der Waals surface area contributed by atoms with E-state index in [1.165, 1.54) is 12.1 Å². The Kier molecular flexibility index (Phi) is 6.57. The molecule has 6 heteroatoms. The molecule has 0 bridgehead atoms. The van der Waals surface area contributed by atoms with Gasteiger partial charge in [0.05, 0.1) is 6.04 Å². The molecule has 0 radical (unpaired) electrons. The van der Waals surface area contributed by atoms with Crippen molar-refractivity contribution >= 4 is 16.8 Å². The van der Waals surface area contributed by atoms with Gasteiger partial charge in [0.2, 0.25) is 0 Å². The van der Waals surface area contributed by atoms with Gasteiger partial charge in [-0.15, -0.1) is 0 Å². The molecule has 1 aromatic carbocycles. The fourth-order valence-electron chi connectivity index (χ4n) is 3.26. The van der Waals surface area contributed by atoms with Crippen molar-refractivity contribution in [1.82, 2.24) is 10.6 Å². The number of amides is 2. The minimum atomic E-state index is -0.958. The van der Waals surface area contributed by atoms with Crippen LogP contribution in [-0.2, 0) is 10.8 Å². The largest absolute Gasteiger partial charge is 0.335 e. The van der Waals surface area contributed by atoms with Crippen molar-refractivity contribution in [2.24, 2.45) is 5.92 Å². The molecule has 3 atom stereocenters. The van der Waals surface area contributed by atoms with E-state index in [-0.39, 0.29) is 23.9 Å². The molecule has 1 saturated carbocycles. The number of hydrogen-bond acceptors (Lipinski definition) is 2. The normalized spacial score (nSPS) is 19.1. The molecular weight excluding hydrogens is 315 g/mol. The van der Waals surface area contributed by atoms with Crippen LogP contribution in [-0.4, -0.2) is 28.3 Å². The molecule has 1 aromatic rings.